The molecule has 1 aromatic carbocycles. The summed E-state index contributed by atoms with van der Waals surface area (Å²) in [5, 5.41) is 17.6. The lowest BCUT2D eigenvalue weighted by Crippen LogP contribution is -2.17. The molecule has 28 heavy (non-hydrogen) atoms. The summed E-state index contributed by atoms with van der Waals surface area (Å²) < 4.78 is 11.6. The molecule has 5 rings (SSSR count). The van der Waals surface area contributed by atoms with Crippen LogP contribution in [0.3, 0.4) is 0 Å². The molecule has 4 aromatic rings. The van der Waals surface area contributed by atoms with Gasteiger partial charge in [0.05, 0.1) is 23.0 Å². The van der Waals surface area contributed by atoms with Crippen LogP contribution in [0.5, 0.6) is 5.75 Å². The molecule has 7 nitrogen and oxygen atoms in total. The van der Waals surface area contributed by atoms with Gasteiger partial charge in [-0.2, -0.15) is 10.4 Å². The number of nitrogens with zero attached hydrogens (tertiary/aromatic N) is 4. The Bertz CT molecular complexity index is 1210. The minimum atomic E-state index is -0.216. The number of aromatic amines is 1. The maximum Gasteiger partial charge on any atom is 0.181 e. The summed E-state index contributed by atoms with van der Waals surface area (Å²) in [5.41, 5.74) is 3.78. The Hall–Kier alpha value is -3.37. The number of fused-ring (bicyclic) bond motifs is 2. The Kier molecular flexibility index (Phi) is 3.99. The van der Waals surface area contributed by atoms with E-state index in [0.29, 0.717) is 22.8 Å². The fourth-order valence-corrected chi connectivity index (χ4v) is 3.77. The Labute approximate surface area is 164 Å². The van der Waals surface area contributed by atoms with Gasteiger partial charge in [-0.3, -0.25) is 5.10 Å². The van der Waals surface area contributed by atoms with Crippen LogP contribution >= 0.6 is 11.6 Å². The first-order valence-electron chi connectivity index (χ1n) is 8.86. The average molecular weight is 392 g/mol. The number of nitriles is 1. The highest BCUT2D eigenvalue weighted by atomic mass is 35.5. The molecule has 0 bridgehead atoms. The monoisotopic (exact) mass is 391 g/mol. The van der Waals surface area contributed by atoms with E-state index in [9.17, 15) is 5.26 Å². The van der Waals surface area contributed by atoms with E-state index in [1.807, 2.05) is 24.3 Å². The van der Waals surface area contributed by atoms with Crippen molar-refractivity contribution < 1.29 is 9.15 Å². The normalized spacial score (nSPS) is 15.9. The molecular formula is C20H14ClN5O2. The van der Waals surface area contributed by atoms with Crippen LogP contribution in [0.2, 0.25) is 5.15 Å². The van der Waals surface area contributed by atoms with Gasteiger partial charge < -0.3 is 9.15 Å². The van der Waals surface area contributed by atoms with E-state index in [1.165, 1.54) is 6.39 Å². The van der Waals surface area contributed by atoms with Crippen LogP contribution in [0.15, 0.2) is 41.3 Å². The van der Waals surface area contributed by atoms with Crippen LogP contribution in [0.1, 0.15) is 35.8 Å². The first-order valence-corrected chi connectivity index (χ1v) is 9.24. The van der Waals surface area contributed by atoms with Crippen LogP contribution in [0, 0.1) is 11.3 Å². The van der Waals surface area contributed by atoms with E-state index in [-0.39, 0.29) is 11.3 Å². The predicted molar refractivity (Wildman–Crippen MR) is 102 cm³/mol. The Balaban J connectivity index is 1.51. The van der Waals surface area contributed by atoms with E-state index in [1.54, 1.807) is 6.20 Å². The quantitative estimate of drug-likeness (QED) is 0.512. The Morgan fingerprint density at radius 3 is 3.07 bits per heavy atom. The molecule has 1 N–H and O–H groups in total. The van der Waals surface area contributed by atoms with Crippen molar-refractivity contribution >= 4 is 22.5 Å². The zero-order valence-electron chi connectivity index (χ0n) is 14.6. The van der Waals surface area contributed by atoms with E-state index >= 15 is 0 Å². The number of benzene rings is 1. The lowest BCUT2D eigenvalue weighted by molar-refractivity contribution is 0.178. The molecule has 0 saturated carbocycles. The van der Waals surface area contributed by atoms with Gasteiger partial charge in [0.25, 0.3) is 0 Å². The molecule has 0 unspecified atom stereocenters. The maximum absolute atomic E-state index is 9.18. The fourth-order valence-electron chi connectivity index (χ4n) is 3.58. The van der Waals surface area contributed by atoms with Gasteiger partial charge in [0.1, 0.15) is 28.8 Å². The Morgan fingerprint density at radius 1 is 1.32 bits per heavy atom. The zero-order valence-corrected chi connectivity index (χ0v) is 15.4. The third-order valence-corrected chi connectivity index (χ3v) is 5.19. The third kappa shape index (κ3) is 2.79. The summed E-state index contributed by atoms with van der Waals surface area (Å²) in [5.74, 6) is 1.29. The van der Waals surface area contributed by atoms with Crippen LogP contribution in [-0.4, -0.2) is 20.2 Å². The largest absolute Gasteiger partial charge is 0.484 e. The van der Waals surface area contributed by atoms with Crippen LogP contribution in [0.4, 0.5) is 0 Å². The lowest BCUT2D eigenvalue weighted by Gasteiger charge is -2.25. The van der Waals surface area contributed by atoms with Gasteiger partial charge in [0.15, 0.2) is 12.2 Å². The molecule has 0 saturated heterocycles. The molecule has 3 heterocycles. The van der Waals surface area contributed by atoms with Crippen molar-refractivity contribution in [2.75, 3.05) is 0 Å². The second-order valence-corrected chi connectivity index (χ2v) is 6.98. The maximum atomic E-state index is 9.18. The highest BCUT2D eigenvalue weighted by Gasteiger charge is 2.25. The molecule has 0 aliphatic heterocycles. The van der Waals surface area contributed by atoms with Gasteiger partial charge in [0, 0.05) is 5.39 Å². The number of hydrogen-bond acceptors (Lipinski definition) is 6. The summed E-state index contributed by atoms with van der Waals surface area (Å²) in [6, 6.07) is 9.64. The summed E-state index contributed by atoms with van der Waals surface area (Å²) in [6.45, 7) is 0. The molecule has 0 fully saturated rings. The number of H-pyrrole nitrogens is 1. The molecule has 0 spiro atoms. The van der Waals surface area contributed by atoms with Crippen LogP contribution < -0.4 is 4.74 Å². The van der Waals surface area contributed by atoms with Gasteiger partial charge in [-0.25, -0.2) is 9.97 Å². The van der Waals surface area contributed by atoms with E-state index < -0.39 is 0 Å². The molecule has 1 aliphatic carbocycles. The van der Waals surface area contributed by atoms with Crippen LogP contribution in [0.25, 0.3) is 22.4 Å². The second kappa shape index (κ2) is 6.66. The molecule has 1 aliphatic rings. The number of halogens is 1. The molecule has 3 aromatic heterocycles. The minimum Gasteiger partial charge on any atom is -0.484 e. The standard InChI is InChI=1S/C20H14ClN5O2/c21-20-12(8-22)6-11-2-1-3-16(18(11)24-20)28-13-4-5-15-14(7-13)19(26-25-15)17-9-23-10-27-17/h4-7,9-10,16H,1-3H2,(H,25,26)/t16-/m1/s1. The first kappa shape index (κ1) is 16.8. The number of hydrogen-bond donors (Lipinski definition) is 1. The van der Waals surface area contributed by atoms with E-state index in [0.717, 1.165) is 41.4 Å². The second-order valence-electron chi connectivity index (χ2n) is 6.63. The van der Waals surface area contributed by atoms with Crippen molar-refractivity contribution in [2.45, 2.75) is 25.4 Å². The lowest BCUT2D eigenvalue weighted by atomic mass is 9.92. The SMILES string of the molecule is N#Cc1cc2c(nc1Cl)[C@H](Oc1ccc3[nH]nc(-c4cnco4)c3c1)CCC2. The van der Waals surface area contributed by atoms with Gasteiger partial charge in [0.2, 0.25) is 0 Å². The van der Waals surface area contributed by atoms with Gasteiger partial charge in [-0.05, 0) is 49.1 Å². The number of pyridine rings is 1. The third-order valence-electron chi connectivity index (χ3n) is 4.90. The number of oxazole rings is 1. The number of ether oxygens (including phenoxy) is 1. The summed E-state index contributed by atoms with van der Waals surface area (Å²) in [4.78, 5) is 8.40. The van der Waals surface area contributed by atoms with Gasteiger partial charge in [-0.15, -0.1) is 0 Å². The zero-order chi connectivity index (χ0) is 19.1. The van der Waals surface area contributed by atoms with Crippen molar-refractivity contribution in [3.05, 3.63) is 58.8 Å². The molecular weight excluding hydrogens is 378 g/mol. The number of nitrogens with one attached hydrogen (secondary N) is 1. The average Bonchev–Trinajstić information content (AvgIpc) is 3.37. The number of rotatable bonds is 3. The highest BCUT2D eigenvalue weighted by Crippen LogP contribution is 2.36. The highest BCUT2D eigenvalue weighted by molar-refractivity contribution is 6.30. The molecule has 138 valence electrons. The first-order chi connectivity index (χ1) is 13.7. The smallest absolute Gasteiger partial charge is 0.181 e. The molecule has 0 radical (unpaired) electrons. The van der Waals surface area contributed by atoms with Gasteiger partial charge >= 0.3 is 0 Å². The van der Waals surface area contributed by atoms with Crippen LogP contribution in [-0.2, 0) is 6.42 Å². The van der Waals surface area contributed by atoms with Crippen molar-refractivity contribution in [3.63, 3.8) is 0 Å². The molecule has 1 atom stereocenters. The molecule has 0 amide bonds. The topological polar surface area (TPSA) is 101 Å². The van der Waals surface area contributed by atoms with E-state index in [2.05, 4.69) is 26.2 Å². The number of aromatic nitrogens is 4. The molecule has 8 heteroatoms. The minimum absolute atomic E-state index is 0.216. The van der Waals surface area contributed by atoms with Crippen molar-refractivity contribution in [1.29, 1.82) is 5.26 Å². The fraction of sp³-hybridized carbons (Fsp3) is 0.200. The van der Waals surface area contributed by atoms with E-state index in [4.69, 9.17) is 20.8 Å². The predicted octanol–water partition coefficient (Wildman–Crippen LogP) is 4.59. The van der Waals surface area contributed by atoms with Gasteiger partial charge in [-0.1, -0.05) is 11.6 Å². The van der Waals surface area contributed by atoms with Crippen molar-refractivity contribution in [3.8, 4) is 23.3 Å². The van der Waals surface area contributed by atoms with Crippen molar-refractivity contribution in [1.82, 2.24) is 20.2 Å². The summed E-state index contributed by atoms with van der Waals surface area (Å²) >= 11 is 6.15. The summed E-state index contributed by atoms with van der Waals surface area (Å²) in [7, 11) is 0. The number of aryl methyl sites for hydroxylation is 1. The van der Waals surface area contributed by atoms with Crippen molar-refractivity contribution in [2.24, 2.45) is 0 Å². The Morgan fingerprint density at radius 2 is 2.25 bits per heavy atom. The summed E-state index contributed by atoms with van der Waals surface area (Å²) in [6.07, 6.45) is 5.44.